The zero-order valence-electron chi connectivity index (χ0n) is 15.1. The summed E-state index contributed by atoms with van der Waals surface area (Å²) in [5.41, 5.74) is 6.52. The van der Waals surface area contributed by atoms with Crippen LogP contribution in [0.2, 0.25) is 0 Å². The van der Waals surface area contributed by atoms with Crippen molar-refractivity contribution in [1.82, 2.24) is 15.5 Å². The lowest BCUT2D eigenvalue weighted by atomic mass is 10.1. The standard InChI is InChI=1S/C19H22N4O4S/c24-18(12-14-4-2-1-3-5-14)20-13-19(25)22-21-15-8-10-17(11-9-15)28(26,27)23-16-6-7-16/h1-5,8-11,16,21,23H,6-7,12-13H2,(H,20,24)(H,22,25). The predicted octanol–water partition coefficient (Wildman–Crippen LogP) is 0.929. The first-order valence-electron chi connectivity index (χ1n) is 8.90. The van der Waals surface area contributed by atoms with Crippen molar-refractivity contribution in [3.05, 3.63) is 60.2 Å². The molecule has 1 saturated carbocycles. The smallest absolute Gasteiger partial charge is 0.257 e. The fraction of sp³-hybridized carbons (Fsp3) is 0.263. The largest absolute Gasteiger partial charge is 0.347 e. The molecule has 2 aromatic carbocycles. The topological polar surface area (TPSA) is 116 Å². The summed E-state index contributed by atoms with van der Waals surface area (Å²) in [4.78, 5) is 23.8. The first-order valence-corrected chi connectivity index (χ1v) is 10.4. The molecule has 0 unspecified atom stereocenters. The van der Waals surface area contributed by atoms with E-state index in [0.29, 0.717) is 5.69 Å². The molecule has 0 saturated heterocycles. The number of rotatable bonds is 9. The van der Waals surface area contributed by atoms with E-state index in [-0.39, 0.29) is 29.8 Å². The molecule has 148 valence electrons. The van der Waals surface area contributed by atoms with Crippen LogP contribution in [0.1, 0.15) is 18.4 Å². The Hall–Kier alpha value is -2.91. The van der Waals surface area contributed by atoms with Gasteiger partial charge < -0.3 is 5.32 Å². The minimum Gasteiger partial charge on any atom is -0.347 e. The van der Waals surface area contributed by atoms with E-state index in [1.807, 2.05) is 30.3 Å². The molecule has 0 aliphatic heterocycles. The number of anilines is 1. The van der Waals surface area contributed by atoms with Gasteiger partial charge in [-0.15, -0.1) is 0 Å². The van der Waals surface area contributed by atoms with Crippen molar-refractivity contribution in [2.45, 2.75) is 30.2 Å². The summed E-state index contributed by atoms with van der Waals surface area (Å²) in [6, 6.07) is 15.3. The van der Waals surface area contributed by atoms with Gasteiger partial charge in [-0.2, -0.15) is 0 Å². The summed E-state index contributed by atoms with van der Waals surface area (Å²) >= 11 is 0. The number of carbonyl (C=O) groups excluding carboxylic acids is 2. The summed E-state index contributed by atoms with van der Waals surface area (Å²) in [7, 11) is -3.50. The van der Waals surface area contributed by atoms with E-state index in [2.05, 4.69) is 20.9 Å². The molecule has 9 heteroatoms. The van der Waals surface area contributed by atoms with Crippen LogP contribution in [0.15, 0.2) is 59.5 Å². The highest BCUT2D eigenvalue weighted by atomic mass is 32.2. The number of sulfonamides is 1. The molecular formula is C19H22N4O4S. The summed E-state index contributed by atoms with van der Waals surface area (Å²) in [5, 5.41) is 2.54. The highest BCUT2D eigenvalue weighted by Crippen LogP contribution is 2.22. The van der Waals surface area contributed by atoms with E-state index < -0.39 is 15.9 Å². The normalized spacial score (nSPS) is 13.6. The van der Waals surface area contributed by atoms with Gasteiger partial charge in [0.1, 0.15) is 0 Å². The molecule has 2 amide bonds. The third-order valence-corrected chi connectivity index (χ3v) is 5.60. The quantitative estimate of drug-likeness (QED) is 0.466. The van der Waals surface area contributed by atoms with Crippen LogP contribution in [0.4, 0.5) is 5.69 Å². The Labute approximate surface area is 163 Å². The fourth-order valence-electron chi connectivity index (χ4n) is 2.41. The van der Waals surface area contributed by atoms with Crippen molar-refractivity contribution >= 4 is 27.5 Å². The maximum absolute atomic E-state index is 12.1. The molecule has 1 fully saturated rings. The lowest BCUT2D eigenvalue weighted by molar-refractivity contribution is -0.125. The Morgan fingerprint density at radius 3 is 2.25 bits per heavy atom. The number of amides is 2. The van der Waals surface area contributed by atoms with Crippen LogP contribution in [0, 0.1) is 0 Å². The van der Waals surface area contributed by atoms with E-state index in [1.54, 1.807) is 12.1 Å². The Morgan fingerprint density at radius 1 is 0.929 bits per heavy atom. The van der Waals surface area contributed by atoms with Gasteiger partial charge in [0.05, 0.1) is 23.5 Å². The summed E-state index contributed by atoms with van der Waals surface area (Å²) < 4.78 is 26.8. The van der Waals surface area contributed by atoms with Crippen molar-refractivity contribution in [3.63, 3.8) is 0 Å². The Bertz CT molecular complexity index is 926. The van der Waals surface area contributed by atoms with Crippen LogP contribution >= 0.6 is 0 Å². The number of hydrogen-bond acceptors (Lipinski definition) is 5. The van der Waals surface area contributed by atoms with Crippen LogP contribution in [0.5, 0.6) is 0 Å². The van der Waals surface area contributed by atoms with Crippen LogP contribution in [0.25, 0.3) is 0 Å². The molecule has 0 bridgehead atoms. The molecule has 1 aliphatic carbocycles. The predicted molar refractivity (Wildman–Crippen MR) is 105 cm³/mol. The molecule has 0 radical (unpaired) electrons. The number of hydrazine groups is 1. The van der Waals surface area contributed by atoms with Crippen molar-refractivity contribution in [2.75, 3.05) is 12.0 Å². The Balaban J connectivity index is 1.41. The van der Waals surface area contributed by atoms with E-state index in [1.165, 1.54) is 12.1 Å². The number of carbonyl (C=O) groups is 2. The van der Waals surface area contributed by atoms with Gasteiger partial charge in [0.25, 0.3) is 5.91 Å². The number of benzene rings is 2. The highest BCUT2D eigenvalue weighted by Gasteiger charge is 2.27. The Morgan fingerprint density at radius 2 is 1.61 bits per heavy atom. The van der Waals surface area contributed by atoms with Gasteiger partial charge in [0, 0.05) is 6.04 Å². The van der Waals surface area contributed by atoms with Crippen LogP contribution in [0.3, 0.4) is 0 Å². The lowest BCUT2D eigenvalue weighted by Crippen LogP contribution is -2.39. The van der Waals surface area contributed by atoms with Gasteiger partial charge in [-0.3, -0.25) is 20.4 Å². The molecule has 2 aromatic rings. The molecule has 1 aliphatic rings. The van der Waals surface area contributed by atoms with E-state index in [9.17, 15) is 18.0 Å². The van der Waals surface area contributed by atoms with E-state index in [0.717, 1.165) is 18.4 Å². The molecular weight excluding hydrogens is 380 g/mol. The average molecular weight is 402 g/mol. The maximum Gasteiger partial charge on any atom is 0.257 e. The van der Waals surface area contributed by atoms with Gasteiger partial charge in [-0.25, -0.2) is 13.1 Å². The van der Waals surface area contributed by atoms with Crippen molar-refractivity contribution in [2.24, 2.45) is 0 Å². The fourth-order valence-corrected chi connectivity index (χ4v) is 3.72. The molecule has 28 heavy (non-hydrogen) atoms. The molecule has 0 aromatic heterocycles. The Kier molecular flexibility index (Phi) is 6.27. The van der Waals surface area contributed by atoms with Gasteiger partial charge in [0.2, 0.25) is 15.9 Å². The minimum absolute atomic E-state index is 0.0409. The molecule has 0 atom stereocenters. The third-order valence-electron chi connectivity index (χ3n) is 4.06. The van der Waals surface area contributed by atoms with Crippen LogP contribution in [-0.4, -0.2) is 32.8 Å². The van der Waals surface area contributed by atoms with Gasteiger partial charge in [-0.1, -0.05) is 30.3 Å². The molecule has 8 nitrogen and oxygen atoms in total. The second kappa shape index (κ2) is 8.85. The minimum atomic E-state index is -3.50. The van der Waals surface area contributed by atoms with Gasteiger partial charge in [-0.05, 0) is 42.7 Å². The second-order valence-electron chi connectivity index (χ2n) is 6.53. The van der Waals surface area contributed by atoms with Crippen LogP contribution in [-0.2, 0) is 26.0 Å². The SMILES string of the molecule is O=C(Cc1ccccc1)NCC(=O)NNc1ccc(S(=O)(=O)NC2CC2)cc1. The third kappa shape index (κ3) is 6.07. The first kappa shape index (κ1) is 19.8. The zero-order chi connectivity index (χ0) is 20.0. The van der Waals surface area contributed by atoms with Crippen LogP contribution < -0.4 is 20.9 Å². The summed E-state index contributed by atoms with van der Waals surface area (Å²) in [6.07, 6.45) is 1.94. The summed E-state index contributed by atoms with van der Waals surface area (Å²) in [6.45, 7) is -0.170. The van der Waals surface area contributed by atoms with E-state index in [4.69, 9.17) is 0 Å². The van der Waals surface area contributed by atoms with Crippen molar-refractivity contribution in [1.29, 1.82) is 0 Å². The number of hydrogen-bond donors (Lipinski definition) is 4. The zero-order valence-corrected chi connectivity index (χ0v) is 16.0. The maximum atomic E-state index is 12.1. The van der Waals surface area contributed by atoms with Crippen molar-refractivity contribution < 1.29 is 18.0 Å². The monoisotopic (exact) mass is 402 g/mol. The molecule has 3 rings (SSSR count). The highest BCUT2D eigenvalue weighted by molar-refractivity contribution is 7.89. The van der Waals surface area contributed by atoms with Gasteiger partial charge in [0.15, 0.2) is 0 Å². The van der Waals surface area contributed by atoms with Crippen molar-refractivity contribution in [3.8, 4) is 0 Å². The molecule has 4 N–H and O–H groups in total. The molecule has 0 spiro atoms. The lowest BCUT2D eigenvalue weighted by Gasteiger charge is -2.10. The average Bonchev–Trinajstić information content (AvgIpc) is 3.49. The summed E-state index contributed by atoms with van der Waals surface area (Å²) in [5.74, 6) is -0.674. The first-order chi connectivity index (χ1) is 13.4. The molecule has 0 heterocycles. The van der Waals surface area contributed by atoms with E-state index >= 15 is 0 Å². The van der Waals surface area contributed by atoms with Gasteiger partial charge >= 0.3 is 0 Å². The second-order valence-corrected chi connectivity index (χ2v) is 8.25. The number of nitrogens with one attached hydrogen (secondary N) is 4.